The van der Waals surface area contributed by atoms with Gasteiger partial charge in [0.25, 0.3) is 0 Å². The number of H-pyrrole nitrogens is 1. The number of para-hydroxylation sites is 1. The Balaban J connectivity index is 2.29. The minimum atomic E-state index is -3.38. The zero-order valence-corrected chi connectivity index (χ0v) is 12.7. The van der Waals surface area contributed by atoms with E-state index >= 15 is 0 Å². The average molecular weight is 322 g/mol. The molecule has 2 heterocycles. The largest absolute Gasteiger partial charge is 0.329 e. The van der Waals surface area contributed by atoms with Crippen LogP contribution in [0, 0.1) is 0 Å². The molecule has 7 heteroatoms. The van der Waals surface area contributed by atoms with Gasteiger partial charge in [-0.2, -0.15) is 0 Å². The maximum Gasteiger partial charge on any atom is 0.226 e. The molecule has 0 bridgehead atoms. The maximum atomic E-state index is 12.0. The quantitative estimate of drug-likeness (QED) is 0.804. The lowest BCUT2D eigenvalue weighted by atomic mass is 10.1. The van der Waals surface area contributed by atoms with E-state index in [1.54, 1.807) is 31.5 Å². The first kappa shape index (κ1) is 14.0. The van der Waals surface area contributed by atoms with Gasteiger partial charge in [-0.1, -0.05) is 30.7 Å². The summed E-state index contributed by atoms with van der Waals surface area (Å²) in [6, 6.07) is 7.13. The van der Waals surface area contributed by atoms with E-state index in [1.165, 1.54) is 0 Å². The van der Waals surface area contributed by atoms with Gasteiger partial charge in [0.05, 0.1) is 21.8 Å². The van der Waals surface area contributed by atoms with E-state index in [2.05, 4.69) is 15.0 Å². The van der Waals surface area contributed by atoms with E-state index in [9.17, 15) is 8.42 Å². The van der Waals surface area contributed by atoms with Crippen molar-refractivity contribution in [2.45, 2.75) is 12.1 Å². The molecule has 0 atom stereocenters. The van der Waals surface area contributed by atoms with E-state index < -0.39 is 9.84 Å². The standard InChI is InChI=1S/C14H12ClN3O2S/c1-2-21(19,20)14-17-12-5-3-4-9(13(12)18-14)10-8-16-7-6-11(10)15/h3-8H,2H2,1H3,(H,17,18). The average Bonchev–Trinajstić information content (AvgIpc) is 2.93. The molecule has 0 aliphatic heterocycles. The van der Waals surface area contributed by atoms with Crippen LogP contribution in [0.5, 0.6) is 0 Å². The van der Waals surface area contributed by atoms with Gasteiger partial charge in [0.15, 0.2) is 0 Å². The molecule has 108 valence electrons. The first-order chi connectivity index (χ1) is 10.0. The highest BCUT2D eigenvalue weighted by Crippen LogP contribution is 2.32. The minimum Gasteiger partial charge on any atom is -0.329 e. The highest BCUT2D eigenvalue weighted by atomic mass is 35.5. The molecule has 5 nitrogen and oxygen atoms in total. The van der Waals surface area contributed by atoms with Crippen LogP contribution in [0.25, 0.3) is 22.2 Å². The predicted molar refractivity (Wildman–Crippen MR) is 82.1 cm³/mol. The highest BCUT2D eigenvalue weighted by molar-refractivity contribution is 7.91. The first-order valence-electron chi connectivity index (χ1n) is 6.34. The van der Waals surface area contributed by atoms with Crippen LogP contribution >= 0.6 is 11.6 Å². The number of imidazole rings is 1. The van der Waals surface area contributed by atoms with Crippen molar-refractivity contribution in [1.82, 2.24) is 15.0 Å². The fourth-order valence-electron chi connectivity index (χ4n) is 2.09. The van der Waals surface area contributed by atoms with Crippen LogP contribution in [0.4, 0.5) is 0 Å². The molecule has 3 aromatic rings. The molecular formula is C14H12ClN3O2S. The van der Waals surface area contributed by atoms with Gasteiger partial charge in [-0.05, 0) is 12.1 Å². The summed E-state index contributed by atoms with van der Waals surface area (Å²) in [5.74, 6) is -0.00416. The van der Waals surface area contributed by atoms with Crippen molar-refractivity contribution in [3.05, 3.63) is 41.7 Å². The van der Waals surface area contributed by atoms with E-state index in [0.717, 1.165) is 11.1 Å². The molecule has 3 rings (SSSR count). The van der Waals surface area contributed by atoms with Gasteiger partial charge in [-0.15, -0.1) is 0 Å². The van der Waals surface area contributed by atoms with Crippen molar-refractivity contribution in [2.75, 3.05) is 5.75 Å². The predicted octanol–water partition coefficient (Wildman–Crippen LogP) is 3.07. The zero-order chi connectivity index (χ0) is 15.0. The SMILES string of the molecule is CCS(=O)(=O)c1nc2c(-c3cnccc3Cl)cccc2[nH]1. The van der Waals surface area contributed by atoms with Gasteiger partial charge < -0.3 is 4.98 Å². The summed E-state index contributed by atoms with van der Waals surface area (Å²) in [6.45, 7) is 1.58. The van der Waals surface area contributed by atoms with Crippen molar-refractivity contribution in [3.8, 4) is 11.1 Å². The monoisotopic (exact) mass is 321 g/mol. The summed E-state index contributed by atoms with van der Waals surface area (Å²) >= 11 is 6.19. The Morgan fingerprint density at radius 3 is 2.76 bits per heavy atom. The molecule has 0 radical (unpaired) electrons. The highest BCUT2D eigenvalue weighted by Gasteiger charge is 2.19. The third-order valence-electron chi connectivity index (χ3n) is 3.22. The molecule has 0 amide bonds. The maximum absolute atomic E-state index is 12.0. The second-order valence-electron chi connectivity index (χ2n) is 4.50. The lowest BCUT2D eigenvalue weighted by molar-refractivity contribution is 0.590. The van der Waals surface area contributed by atoms with E-state index in [1.807, 2.05) is 12.1 Å². The zero-order valence-electron chi connectivity index (χ0n) is 11.2. The van der Waals surface area contributed by atoms with E-state index in [4.69, 9.17) is 11.6 Å². The van der Waals surface area contributed by atoms with E-state index in [0.29, 0.717) is 16.1 Å². The molecule has 0 unspecified atom stereocenters. The van der Waals surface area contributed by atoms with Crippen molar-refractivity contribution >= 4 is 32.5 Å². The van der Waals surface area contributed by atoms with Crippen molar-refractivity contribution in [3.63, 3.8) is 0 Å². The Kier molecular flexibility index (Phi) is 3.43. The fraction of sp³-hybridized carbons (Fsp3) is 0.143. The van der Waals surface area contributed by atoms with Gasteiger partial charge in [-0.25, -0.2) is 13.4 Å². The second-order valence-corrected chi connectivity index (χ2v) is 7.10. The lowest BCUT2D eigenvalue weighted by Crippen LogP contribution is -2.05. The van der Waals surface area contributed by atoms with Crippen molar-refractivity contribution in [2.24, 2.45) is 0 Å². The number of halogens is 1. The molecule has 0 spiro atoms. The van der Waals surface area contributed by atoms with Crippen molar-refractivity contribution < 1.29 is 8.42 Å². The molecule has 0 saturated heterocycles. The number of hydrogen-bond donors (Lipinski definition) is 1. The number of aromatic nitrogens is 3. The van der Waals surface area contributed by atoms with Crippen LogP contribution in [0.3, 0.4) is 0 Å². The third kappa shape index (κ3) is 2.41. The van der Waals surface area contributed by atoms with Crippen LogP contribution in [-0.2, 0) is 9.84 Å². The number of hydrogen-bond acceptors (Lipinski definition) is 4. The molecule has 1 N–H and O–H groups in total. The number of sulfone groups is 1. The summed E-state index contributed by atoms with van der Waals surface area (Å²) < 4.78 is 23.9. The van der Waals surface area contributed by atoms with Gasteiger partial charge in [-0.3, -0.25) is 4.98 Å². The number of benzene rings is 1. The summed E-state index contributed by atoms with van der Waals surface area (Å²) in [5.41, 5.74) is 2.69. The number of fused-ring (bicyclic) bond motifs is 1. The third-order valence-corrected chi connectivity index (χ3v) is 5.10. The van der Waals surface area contributed by atoms with Crippen LogP contribution < -0.4 is 0 Å². The van der Waals surface area contributed by atoms with Crippen molar-refractivity contribution in [1.29, 1.82) is 0 Å². The van der Waals surface area contributed by atoms with Crippen LogP contribution in [0.1, 0.15) is 6.92 Å². The van der Waals surface area contributed by atoms with Crippen LogP contribution in [-0.4, -0.2) is 29.1 Å². The number of aromatic amines is 1. The molecule has 0 aliphatic rings. The molecule has 0 aliphatic carbocycles. The Labute approximate surface area is 126 Å². The van der Waals surface area contributed by atoms with Crippen LogP contribution in [0.2, 0.25) is 5.02 Å². The van der Waals surface area contributed by atoms with Gasteiger partial charge in [0, 0.05) is 23.5 Å². The second kappa shape index (κ2) is 5.13. The van der Waals surface area contributed by atoms with Gasteiger partial charge in [0.2, 0.25) is 15.0 Å². The molecule has 0 fully saturated rings. The summed E-state index contributed by atoms with van der Waals surface area (Å²) in [6.07, 6.45) is 3.24. The topological polar surface area (TPSA) is 75.7 Å². The molecule has 0 saturated carbocycles. The summed E-state index contributed by atoms with van der Waals surface area (Å²) in [7, 11) is -3.38. The lowest BCUT2D eigenvalue weighted by Gasteiger charge is -2.03. The number of nitrogens with one attached hydrogen (secondary N) is 1. The first-order valence-corrected chi connectivity index (χ1v) is 8.37. The van der Waals surface area contributed by atoms with Gasteiger partial charge >= 0.3 is 0 Å². The Hall–Kier alpha value is -1.92. The van der Waals surface area contributed by atoms with Crippen LogP contribution in [0.15, 0.2) is 41.8 Å². The molecular weight excluding hydrogens is 310 g/mol. The summed E-state index contributed by atoms with van der Waals surface area (Å²) in [4.78, 5) is 11.2. The number of rotatable bonds is 3. The molecule has 2 aromatic heterocycles. The van der Waals surface area contributed by atoms with Gasteiger partial charge in [0.1, 0.15) is 0 Å². The Bertz CT molecular complexity index is 919. The number of pyridine rings is 1. The van der Waals surface area contributed by atoms with E-state index in [-0.39, 0.29) is 10.9 Å². The number of nitrogens with zero attached hydrogens (tertiary/aromatic N) is 2. The normalized spacial score (nSPS) is 11.9. The Morgan fingerprint density at radius 1 is 1.24 bits per heavy atom. The smallest absolute Gasteiger partial charge is 0.226 e. The Morgan fingerprint density at radius 2 is 2.05 bits per heavy atom. The summed E-state index contributed by atoms with van der Waals surface area (Å²) in [5, 5.41) is 0.521. The fourth-order valence-corrected chi connectivity index (χ4v) is 3.06. The minimum absolute atomic E-state index is 0.00416. The molecule has 21 heavy (non-hydrogen) atoms. The molecule has 1 aromatic carbocycles.